The number of rotatable bonds is 3. The zero-order chi connectivity index (χ0) is 7.11. The van der Waals surface area contributed by atoms with Gasteiger partial charge < -0.3 is 4.84 Å². The molecule has 2 nitrogen and oxygen atoms in total. The minimum Gasteiger partial charge on any atom is -0.399 e. The molecule has 0 aromatic rings. The highest BCUT2D eigenvalue weighted by molar-refractivity contribution is 5.77. The maximum Gasteiger partial charge on any atom is 0.106 e. The highest BCUT2D eigenvalue weighted by Crippen LogP contribution is 1.86. The Balaban J connectivity index is 3.74. The van der Waals surface area contributed by atoms with E-state index < -0.39 is 0 Å². The van der Waals surface area contributed by atoms with Gasteiger partial charge in [0.1, 0.15) is 7.11 Å². The summed E-state index contributed by atoms with van der Waals surface area (Å²) < 4.78 is 0. The maximum absolute atomic E-state index is 4.45. The van der Waals surface area contributed by atoms with Gasteiger partial charge in [-0.2, -0.15) is 0 Å². The third kappa shape index (κ3) is 4.81. The molecule has 0 aromatic heterocycles. The van der Waals surface area contributed by atoms with Crippen LogP contribution in [-0.4, -0.2) is 13.3 Å². The highest BCUT2D eigenvalue weighted by atomic mass is 16.6. The Kier molecular flexibility index (Phi) is 4.50. The van der Waals surface area contributed by atoms with Gasteiger partial charge >= 0.3 is 0 Å². The van der Waals surface area contributed by atoms with Gasteiger partial charge in [-0.05, 0) is 12.5 Å². The third-order valence-corrected chi connectivity index (χ3v) is 0.742. The summed E-state index contributed by atoms with van der Waals surface area (Å²) in [6.07, 6.45) is 5.18. The fraction of sp³-hybridized carbons (Fsp3) is 0.286. The average Bonchev–Trinajstić information content (AvgIpc) is 1.85. The van der Waals surface area contributed by atoms with Gasteiger partial charge in [0.05, 0.1) is 6.21 Å². The van der Waals surface area contributed by atoms with Crippen molar-refractivity contribution in [2.24, 2.45) is 5.16 Å². The van der Waals surface area contributed by atoms with Crippen molar-refractivity contribution in [3.8, 4) is 0 Å². The summed E-state index contributed by atoms with van der Waals surface area (Å²) in [5.41, 5.74) is 1.02. The van der Waals surface area contributed by atoms with Gasteiger partial charge in [0.25, 0.3) is 0 Å². The van der Waals surface area contributed by atoms with Gasteiger partial charge in [-0.1, -0.05) is 23.9 Å². The van der Waals surface area contributed by atoms with E-state index in [0.29, 0.717) is 0 Å². The third-order valence-electron chi connectivity index (χ3n) is 0.742. The van der Waals surface area contributed by atoms with Crippen molar-refractivity contribution in [3.05, 3.63) is 24.3 Å². The van der Waals surface area contributed by atoms with E-state index in [-0.39, 0.29) is 0 Å². The van der Waals surface area contributed by atoms with Crippen LogP contribution < -0.4 is 0 Å². The summed E-state index contributed by atoms with van der Waals surface area (Å²) in [5, 5.41) is 3.55. The molecule has 0 unspecified atom stereocenters. The van der Waals surface area contributed by atoms with Crippen LogP contribution in [0.3, 0.4) is 0 Å². The molecule has 0 N–H and O–H groups in total. The van der Waals surface area contributed by atoms with Crippen molar-refractivity contribution in [1.29, 1.82) is 0 Å². The second-order valence-electron chi connectivity index (χ2n) is 1.56. The van der Waals surface area contributed by atoms with Crippen molar-refractivity contribution in [3.63, 3.8) is 0 Å². The molecule has 50 valence electrons. The van der Waals surface area contributed by atoms with Gasteiger partial charge in [0, 0.05) is 0 Å². The molecule has 0 bridgehead atoms. The second kappa shape index (κ2) is 5.09. The van der Waals surface area contributed by atoms with E-state index in [4.69, 9.17) is 0 Å². The molecule has 0 radical (unpaired) electrons. The Labute approximate surface area is 55.5 Å². The van der Waals surface area contributed by atoms with E-state index in [1.165, 1.54) is 7.11 Å². The molecule has 0 aromatic carbocycles. The molecule has 0 aliphatic heterocycles. The lowest BCUT2D eigenvalue weighted by Gasteiger charge is -1.85. The summed E-state index contributed by atoms with van der Waals surface area (Å²) in [4.78, 5) is 4.45. The molecule has 0 aliphatic rings. The minimum atomic E-state index is 1.02. The highest BCUT2D eigenvalue weighted by Gasteiger charge is 1.75. The molecule has 0 fully saturated rings. The largest absolute Gasteiger partial charge is 0.399 e. The minimum absolute atomic E-state index is 1.02. The maximum atomic E-state index is 4.45. The molecule has 0 amide bonds. The molecule has 0 aliphatic carbocycles. The first-order valence-electron chi connectivity index (χ1n) is 2.67. The van der Waals surface area contributed by atoms with Gasteiger partial charge in [0.15, 0.2) is 0 Å². The Bertz CT molecular complexity index is 136. The SMILES string of the molecule is C=C/C=C(C)\C=N/OC. The fourth-order valence-electron chi connectivity index (χ4n) is 0.365. The summed E-state index contributed by atoms with van der Waals surface area (Å²) in [5.74, 6) is 0. The van der Waals surface area contributed by atoms with Gasteiger partial charge in [-0.25, -0.2) is 0 Å². The predicted molar refractivity (Wildman–Crippen MR) is 39.5 cm³/mol. The van der Waals surface area contributed by atoms with E-state index in [1.807, 2.05) is 13.0 Å². The van der Waals surface area contributed by atoms with Gasteiger partial charge in [0.2, 0.25) is 0 Å². The Morgan fingerprint density at radius 2 is 2.33 bits per heavy atom. The van der Waals surface area contributed by atoms with E-state index in [2.05, 4.69) is 16.6 Å². The lowest BCUT2D eigenvalue weighted by atomic mass is 10.3. The lowest BCUT2D eigenvalue weighted by Crippen LogP contribution is -1.76. The summed E-state index contributed by atoms with van der Waals surface area (Å²) in [7, 11) is 1.51. The molecule has 0 atom stereocenters. The van der Waals surface area contributed by atoms with Crippen molar-refractivity contribution < 1.29 is 4.84 Å². The van der Waals surface area contributed by atoms with E-state index in [1.54, 1.807) is 12.3 Å². The molecule has 0 saturated carbocycles. The average molecular weight is 125 g/mol. The molecule has 2 heteroatoms. The number of oxime groups is 1. The summed E-state index contributed by atoms with van der Waals surface area (Å²) in [6, 6.07) is 0. The number of hydrogen-bond acceptors (Lipinski definition) is 2. The summed E-state index contributed by atoms with van der Waals surface area (Å²) in [6.45, 7) is 5.45. The first kappa shape index (κ1) is 7.95. The van der Waals surface area contributed by atoms with Crippen LogP contribution in [0.25, 0.3) is 0 Å². The van der Waals surface area contributed by atoms with E-state index >= 15 is 0 Å². The summed E-state index contributed by atoms with van der Waals surface area (Å²) >= 11 is 0. The number of allylic oxidation sites excluding steroid dienone is 3. The molecule has 0 rings (SSSR count). The molecule has 0 heterocycles. The second-order valence-corrected chi connectivity index (χ2v) is 1.56. The lowest BCUT2D eigenvalue weighted by molar-refractivity contribution is 0.215. The number of hydrogen-bond donors (Lipinski definition) is 0. The van der Waals surface area contributed by atoms with Gasteiger partial charge in [-0.15, -0.1) is 0 Å². The van der Waals surface area contributed by atoms with E-state index in [0.717, 1.165) is 5.57 Å². The van der Waals surface area contributed by atoms with Crippen LogP contribution >= 0.6 is 0 Å². The van der Waals surface area contributed by atoms with Crippen LogP contribution in [0.4, 0.5) is 0 Å². The Hall–Kier alpha value is -1.05. The van der Waals surface area contributed by atoms with Gasteiger partial charge in [-0.3, -0.25) is 0 Å². The predicted octanol–water partition coefficient (Wildman–Crippen LogP) is 1.75. The Morgan fingerprint density at radius 1 is 1.67 bits per heavy atom. The van der Waals surface area contributed by atoms with Crippen LogP contribution in [0.15, 0.2) is 29.5 Å². The van der Waals surface area contributed by atoms with Crippen LogP contribution in [-0.2, 0) is 4.84 Å². The smallest absolute Gasteiger partial charge is 0.106 e. The number of nitrogens with zero attached hydrogens (tertiary/aromatic N) is 1. The first-order valence-corrected chi connectivity index (χ1v) is 2.67. The molecular formula is C7H11NO. The molecule has 0 saturated heterocycles. The Morgan fingerprint density at radius 3 is 2.78 bits per heavy atom. The van der Waals surface area contributed by atoms with Crippen LogP contribution in [0.1, 0.15) is 6.92 Å². The van der Waals surface area contributed by atoms with Crippen molar-refractivity contribution in [1.82, 2.24) is 0 Å². The van der Waals surface area contributed by atoms with E-state index in [9.17, 15) is 0 Å². The van der Waals surface area contributed by atoms with Crippen molar-refractivity contribution in [2.45, 2.75) is 6.92 Å². The van der Waals surface area contributed by atoms with Crippen LogP contribution in [0.2, 0.25) is 0 Å². The van der Waals surface area contributed by atoms with Crippen molar-refractivity contribution >= 4 is 6.21 Å². The zero-order valence-corrected chi connectivity index (χ0v) is 5.79. The molecule has 9 heavy (non-hydrogen) atoms. The quantitative estimate of drug-likeness (QED) is 0.320. The first-order chi connectivity index (χ1) is 4.31. The van der Waals surface area contributed by atoms with Crippen LogP contribution in [0, 0.1) is 0 Å². The molecular weight excluding hydrogens is 114 g/mol. The monoisotopic (exact) mass is 125 g/mol. The standard InChI is InChI=1S/C7H11NO/c1-4-5-7(2)6-8-9-3/h4-6H,1H2,2-3H3/b7-5-,8-6-. The molecule has 0 spiro atoms. The topological polar surface area (TPSA) is 21.6 Å². The van der Waals surface area contributed by atoms with Crippen molar-refractivity contribution in [2.75, 3.05) is 7.11 Å². The zero-order valence-electron chi connectivity index (χ0n) is 5.79. The fourth-order valence-corrected chi connectivity index (χ4v) is 0.365. The van der Waals surface area contributed by atoms with Crippen LogP contribution in [0.5, 0.6) is 0 Å². The normalized spacial score (nSPS) is 12.0.